The molecule has 2 heterocycles. The van der Waals surface area contributed by atoms with E-state index >= 15 is 0 Å². The molecule has 2 aliphatic heterocycles. The van der Waals surface area contributed by atoms with E-state index in [4.69, 9.17) is 9.73 Å². The molecule has 2 aromatic carbocycles. The Balaban J connectivity index is 1.93. The van der Waals surface area contributed by atoms with E-state index in [0.29, 0.717) is 22.9 Å². The van der Waals surface area contributed by atoms with Crippen molar-refractivity contribution in [3.63, 3.8) is 0 Å². The van der Waals surface area contributed by atoms with Gasteiger partial charge in [0.1, 0.15) is 17.6 Å². The van der Waals surface area contributed by atoms with Gasteiger partial charge in [-0.1, -0.05) is 55.1 Å². The maximum absolute atomic E-state index is 13.2. The van der Waals surface area contributed by atoms with Crippen LogP contribution in [0.1, 0.15) is 25.3 Å². The highest BCUT2D eigenvalue weighted by molar-refractivity contribution is 6.18. The van der Waals surface area contributed by atoms with Gasteiger partial charge < -0.3 is 10.1 Å². The molecule has 30 heavy (non-hydrogen) atoms. The highest BCUT2D eigenvalue weighted by atomic mass is 16.5. The summed E-state index contributed by atoms with van der Waals surface area (Å²) in [6.45, 7) is 7.82. The number of nitrogens with zero attached hydrogens (tertiary/aromatic N) is 2. The lowest BCUT2D eigenvalue weighted by Crippen LogP contribution is -2.56. The first-order chi connectivity index (χ1) is 14.5. The third-order valence-electron chi connectivity index (χ3n) is 5.31. The average Bonchev–Trinajstić information content (AvgIpc) is 2.74. The molecule has 0 radical (unpaired) electrons. The molecule has 2 aromatic rings. The molecule has 0 spiro atoms. The Labute approximate surface area is 175 Å². The molecule has 6 nitrogen and oxygen atoms in total. The van der Waals surface area contributed by atoms with Gasteiger partial charge in [-0.2, -0.15) is 0 Å². The molecule has 4 rings (SSSR count). The van der Waals surface area contributed by atoms with Gasteiger partial charge in [0.2, 0.25) is 5.91 Å². The van der Waals surface area contributed by atoms with Crippen molar-refractivity contribution in [2.75, 3.05) is 11.5 Å². The third-order valence-corrected chi connectivity index (χ3v) is 5.31. The first kappa shape index (κ1) is 19.6. The van der Waals surface area contributed by atoms with E-state index in [9.17, 15) is 9.59 Å². The largest absolute Gasteiger partial charge is 0.463 e. The summed E-state index contributed by atoms with van der Waals surface area (Å²) in [4.78, 5) is 32.6. The predicted molar refractivity (Wildman–Crippen MR) is 116 cm³/mol. The second kappa shape index (κ2) is 7.99. The van der Waals surface area contributed by atoms with Crippen molar-refractivity contribution in [1.29, 1.82) is 0 Å². The van der Waals surface area contributed by atoms with Crippen LogP contribution >= 0.6 is 0 Å². The molecule has 1 N–H and O–H groups in total. The summed E-state index contributed by atoms with van der Waals surface area (Å²) < 4.78 is 5.32. The lowest BCUT2D eigenvalue weighted by molar-refractivity contribution is -0.139. The first-order valence-electron chi connectivity index (χ1n) is 9.89. The Morgan fingerprint density at radius 3 is 2.37 bits per heavy atom. The van der Waals surface area contributed by atoms with E-state index in [0.717, 1.165) is 11.3 Å². The Bertz CT molecular complexity index is 1060. The fourth-order valence-electron chi connectivity index (χ4n) is 4.08. The zero-order chi connectivity index (χ0) is 21.3. The van der Waals surface area contributed by atoms with Crippen LogP contribution in [0.2, 0.25) is 0 Å². The SMILES string of the molecule is C=C1NC(=O)C2C(=NC(C)=C(C(=O)OCC)C2c2ccccc2)N1c1ccccc1. The van der Waals surface area contributed by atoms with Crippen LogP contribution in [0.3, 0.4) is 0 Å². The predicted octanol–water partition coefficient (Wildman–Crippen LogP) is 3.74. The highest BCUT2D eigenvalue weighted by Crippen LogP contribution is 2.43. The number of fused-ring (bicyclic) bond motifs is 1. The Hall–Kier alpha value is -3.67. The monoisotopic (exact) mass is 401 g/mol. The molecule has 0 saturated carbocycles. The van der Waals surface area contributed by atoms with Gasteiger partial charge in [0.25, 0.3) is 0 Å². The van der Waals surface area contributed by atoms with Gasteiger partial charge in [-0.15, -0.1) is 0 Å². The number of allylic oxidation sites excluding steroid dienone is 1. The lowest BCUT2D eigenvalue weighted by Gasteiger charge is -2.42. The summed E-state index contributed by atoms with van der Waals surface area (Å²) in [5, 5.41) is 2.87. The van der Waals surface area contributed by atoms with E-state index < -0.39 is 17.8 Å². The van der Waals surface area contributed by atoms with Gasteiger partial charge >= 0.3 is 5.97 Å². The minimum Gasteiger partial charge on any atom is -0.463 e. The molecule has 2 unspecified atom stereocenters. The molecule has 1 saturated heterocycles. The standard InChI is InChI=1S/C24H23N3O3/c1-4-30-24(29)19-15(2)25-22-21(20(19)17-11-7-5-8-12-17)23(28)26-16(3)27(22)18-13-9-6-10-14-18/h5-14,20-21H,3-4H2,1-2H3,(H,26,28). The van der Waals surface area contributed by atoms with Crippen LogP contribution in [0.15, 0.2) is 89.3 Å². The number of nitrogens with one attached hydrogen (secondary N) is 1. The number of ether oxygens (including phenoxy) is 1. The summed E-state index contributed by atoms with van der Waals surface area (Å²) >= 11 is 0. The molecular weight excluding hydrogens is 378 g/mol. The Kier molecular flexibility index (Phi) is 5.23. The van der Waals surface area contributed by atoms with Crippen molar-refractivity contribution in [3.8, 4) is 0 Å². The summed E-state index contributed by atoms with van der Waals surface area (Å²) in [6, 6.07) is 19.2. The Morgan fingerprint density at radius 1 is 1.10 bits per heavy atom. The van der Waals surface area contributed by atoms with Crippen molar-refractivity contribution in [2.45, 2.75) is 19.8 Å². The average molecular weight is 401 g/mol. The maximum atomic E-state index is 13.2. The third kappa shape index (κ3) is 3.30. The van der Waals surface area contributed by atoms with E-state index in [1.807, 2.05) is 65.6 Å². The molecular formula is C24H23N3O3. The van der Waals surface area contributed by atoms with Crippen LogP contribution in [0.25, 0.3) is 0 Å². The number of benzene rings is 2. The van der Waals surface area contributed by atoms with Gasteiger partial charge in [0, 0.05) is 11.6 Å². The van der Waals surface area contributed by atoms with Crippen molar-refractivity contribution in [1.82, 2.24) is 5.32 Å². The molecule has 0 aromatic heterocycles. The normalized spacial score (nSPS) is 21.0. The summed E-state index contributed by atoms with van der Waals surface area (Å²) in [7, 11) is 0. The second-order valence-electron chi connectivity index (χ2n) is 7.16. The van der Waals surface area contributed by atoms with Crippen LogP contribution in [0.4, 0.5) is 5.69 Å². The second-order valence-corrected chi connectivity index (χ2v) is 7.16. The van der Waals surface area contributed by atoms with Crippen molar-refractivity contribution in [2.24, 2.45) is 10.9 Å². The van der Waals surface area contributed by atoms with Crippen LogP contribution in [0.5, 0.6) is 0 Å². The summed E-state index contributed by atoms with van der Waals surface area (Å²) in [5.41, 5.74) is 2.64. The quantitative estimate of drug-likeness (QED) is 0.793. The van der Waals surface area contributed by atoms with Gasteiger partial charge in [-0.3, -0.25) is 9.69 Å². The molecule has 0 aliphatic carbocycles. The minimum atomic E-state index is -0.693. The van der Waals surface area contributed by atoms with Crippen LogP contribution < -0.4 is 10.2 Å². The number of aliphatic imine (C=N–C) groups is 1. The molecule has 0 bridgehead atoms. The number of hydrogen-bond acceptors (Lipinski definition) is 5. The smallest absolute Gasteiger partial charge is 0.336 e. The topological polar surface area (TPSA) is 71.0 Å². The van der Waals surface area contributed by atoms with Gasteiger partial charge in [0.15, 0.2) is 0 Å². The van der Waals surface area contributed by atoms with E-state index in [1.165, 1.54) is 0 Å². The van der Waals surface area contributed by atoms with E-state index in [1.54, 1.807) is 13.8 Å². The lowest BCUT2D eigenvalue weighted by atomic mass is 9.75. The summed E-state index contributed by atoms with van der Waals surface area (Å²) in [6.07, 6.45) is 0. The number of carbonyl (C=O) groups excluding carboxylic acids is 2. The number of amides is 1. The molecule has 1 amide bonds. The van der Waals surface area contributed by atoms with Crippen LogP contribution in [-0.2, 0) is 14.3 Å². The van der Waals surface area contributed by atoms with Crippen molar-refractivity contribution >= 4 is 23.4 Å². The minimum absolute atomic E-state index is 0.242. The van der Waals surface area contributed by atoms with Gasteiger partial charge in [-0.05, 0) is 31.5 Å². The number of amidine groups is 1. The van der Waals surface area contributed by atoms with Gasteiger partial charge in [-0.25, -0.2) is 9.79 Å². The fourth-order valence-corrected chi connectivity index (χ4v) is 4.08. The zero-order valence-electron chi connectivity index (χ0n) is 17.0. The molecule has 2 aliphatic rings. The molecule has 6 heteroatoms. The van der Waals surface area contributed by atoms with Crippen molar-refractivity contribution < 1.29 is 14.3 Å². The zero-order valence-corrected chi connectivity index (χ0v) is 17.0. The molecule has 2 atom stereocenters. The number of esters is 1. The number of hydrogen-bond donors (Lipinski definition) is 1. The highest BCUT2D eigenvalue weighted by Gasteiger charge is 2.48. The maximum Gasteiger partial charge on any atom is 0.336 e. The number of rotatable bonds is 4. The summed E-state index contributed by atoms with van der Waals surface area (Å²) in [5.74, 6) is -0.919. The number of carbonyl (C=O) groups is 2. The van der Waals surface area contributed by atoms with Gasteiger partial charge in [0.05, 0.1) is 17.9 Å². The number of anilines is 1. The number of para-hydroxylation sites is 1. The fraction of sp³-hybridized carbons (Fsp3) is 0.208. The first-order valence-corrected chi connectivity index (χ1v) is 9.89. The van der Waals surface area contributed by atoms with E-state index in [-0.39, 0.29) is 12.5 Å². The van der Waals surface area contributed by atoms with Crippen molar-refractivity contribution in [3.05, 3.63) is 89.9 Å². The van der Waals surface area contributed by atoms with E-state index in [2.05, 4.69) is 11.9 Å². The van der Waals surface area contributed by atoms with Crippen LogP contribution in [0, 0.1) is 5.92 Å². The molecule has 152 valence electrons. The van der Waals surface area contributed by atoms with Crippen LogP contribution in [-0.4, -0.2) is 24.3 Å². The molecule has 1 fully saturated rings. The Morgan fingerprint density at radius 2 is 1.73 bits per heavy atom.